The predicted octanol–water partition coefficient (Wildman–Crippen LogP) is 2.61. The van der Waals surface area contributed by atoms with Crippen LogP contribution >= 0.6 is 0 Å². The Morgan fingerprint density at radius 3 is 2.42 bits per heavy atom. The van der Waals surface area contributed by atoms with E-state index in [0.717, 1.165) is 16.9 Å². The van der Waals surface area contributed by atoms with Crippen molar-refractivity contribution in [1.29, 1.82) is 0 Å². The van der Waals surface area contributed by atoms with E-state index in [9.17, 15) is 4.79 Å². The molecule has 0 unspecified atom stereocenters. The first-order chi connectivity index (χ1) is 9.24. The normalized spacial score (nSPS) is 10.2. The van der Waals surface area contributed by atoms with Crippen LogP contribution in [-0.4, -0.2) is 18.0 Å². The van der Waals surface area contributed by atoms with Crippen LogP contribution < -0.4 is 4.74 Å². The van der Waals surface area contributed by atoms with Gasteiger partial charge in [-0.2, -0.15) is 0 Å². The van der Waals surface area contributed by atoms with Crippen LogP contribution in [0.25, 0.3) is 0 Å². The van der Waals surface area contributed by atoms with E-state index >= 15 is 0 Å². The summed E-state index contributed by atoms with van der Waals surface area (Å²) in [5, 5.41) is 8.97. The number of aliphatic hydroxyl groups is 1. The largest absolute Gasteiger partial charge is 0.496 e. The summed E-state index contributed by atoms with van der Waals surface area (Å²) in [6.07, 6.45) is 0.308. The maximum Gasteiger partial charge on any atom is 0.167 e. The van der Waals surface area contributed by atoms with Crippen molar-refractivity contribution in [3.63, 3.8) is 0 Å². The highest BCUT2D eigenvalue weighted by atomic mass is 16.5. The number of Topliss-reactive ketones (excluding diaryl/α,β-unsaturated/α-hetero) is 1. The molecule has 2 aromatic rings. The van der Waals surface area contributed by atoms with Gasteiger partial charge < -0.3 is 9.84 Å². The van der Waals surface area contributed by atoms with E-state index in [-0.39, 0.29) is 12.4 Å². The molecule has 3 nitrogen and oxygen atoms in total. The summed E-state index contributed by atoms with van der Waals surface area (Å²) in [5.74, 6) is 0.761. The maximum absolute atomic E-state index is 12.2. The van der Waals surface area contributed by atoms with E-state index in [1.165, 1.54) is 0 Å². The van der Waals surface area contributed by atoms with Gasteiger partial charge in [-0.3, -0.25) is 4.79 Å². The van der Waals surface area contributed by atoms with Crippen molar-refractivity contribution in [2.45, 2.75) is 13.0 Å². The number of hydrogen-bond donors (Lipinski definition) is 1. The fourth-order valence-electron chi connectivity index (χ4n) is 1.92. The topological polar surface area (TPSA) is 46.5 Å². The molecular formula is C16H16O3. The number of benzene rings is 2. The summed E-state index contributed by atoms with van der Waals surface area (Å²) < 4.78 is 5.23. The van der Waals surface area contributed by atoms with E-state index in [1.54, 1.807) is 31.4 Å². The number of ketones is 1. The van der Waals surface area contributed by atoms with Gasteiger partial charge in [-0.1, -0.05) is 42.5 Å². The number of carbonyl (C=O) groups excluding carboxylic acids is 1. The number of rotatable bonds is 5. The molecule has 0 saturated heterocycles. The zero-order valence-corrected chi connectivity index (χ0v) is 10.8. The summed E-state index contributed by atoms with van der Waals surface area (Å²) >= 11 is 0. The average molecular weight is 256 g/mol. The van der Waals surface area contributed by atoms with Gasteiger partial charge in [0.25, 0.3) is 0 Å². The third-order valence-electron chi connectivity index (χ3n) is 3.00. The van der Waals surface area contributed by atoms with Crippen molar-refractivity contribution in [1.82, 2.24) is 0 Å². The summed E-state index contributed by atoms with van der Waals surface area (Å²) in [7, 11) is 1.60. The molecule has 0 aliphatic carbocycles. The van der Waals surface area contributed by atoms with Crippen LogP contribution in [0.3, 0.4) is 0 Å². The molecule has 98 valence electrons. The van der Waals surface area contributed by atoms with Crippen LogP contribution in [0.15, 0.2) is 48.5 Å². The van der Waals surface area contributed by atoms with E-state index in [0.29, 0.717) is 12.0 Å². The van der Waals surface area contributed by atoms with E-state index in [4.69, 9.17) is 9.84 Å². The van der Waals surface area contributed by atoms with Crippen molar-refractivity contribution in [2.75, 3.05) is 7.11 Å². The quantitative estimate of drug-likeness (QED) is 0.836. The number of ether oxygens (including phenoxy) is 1. The van der Waals surface area contributed by atoms with Crippen LogP contribution in [0, 0.1) is 0 Å². The zero-order valence-electron chi connectivity index (χ0n) is 10.8. The van der Waals surface area contributed by atoms with Crippen molar-refractivity contribution in [3.05, 3.63) is 65.2 Å². The molecule has 0 heterocycles. The molecule has 0 aliphatic rings. The number of para-hydroxylation sites is 1. The highest BCUT2D eigenvalue weighted by Gasteiger charge is 2.10. The molecule has 0 atom stereocenters. The first kappa shape index (κ1) is 13.3. The second kappa shape index (κ2) is 6.16. The van der Waals surface area contributed by atoms with Gasteiger partial charge in [-0.25, -0.2) is 0 Å². The van der Waals surface area contributed by atoms with Gasteiger partial charge >= 0.3 is 0 Å². The van der Waals surface area contributed by atoms with Gasteiger partial charge in [-0.05, 0) is 11.6 Å². The Morgan fingerprint density at radius 2 is 1.79 bits per heavy atom. The summed E-state index contributed by atoms with van der Waals surface area (Å²) in [4.78, 5) is 12.2. The SMILES string of the molecule is COc1ccccc1CC(=O)c1ccc(CO)cc1. The third kappa shape index (κ3) is 3.20. The lowest BCUT2D eigenvalue weighted by atomic mass is 10.0. The Labute approximate surface area is 112 Å². The Kier molecular flexibility index (Phi) is 4.31. The molecule has 0 saturated carbocycles. The minimum atomic E-state index is -0.0129. The zero-order chi connectivity index (χ0) is 13.7. The van der Waals surface area contributed by atoms with Crippen molar-refractivity contribution >= 4 is 5.78 Å². The first-order valence-corrected chi connectivity index (χ1v) is 6.09. The van der Waals surface area contributed by atoms with Crippen LogP contribution in [0.5, 0.6) is 5.75 Å². The first-order valence-electron chi connectivity index (χ1n) is 6.09. The molecule has 0 aliphatic heterocycles. The summed E-state index contributed by atoms with van der Waals surface area (Å²) in [6.45, 7) is -0.0129. The highest BCUT2D eigenvalue weighted by Crippen LogP contribution is 2.19. The molecule has 0 radical (unpaired) electrons. The molecule has 19 heavy (non-hydrogen) atoms. The molecule has 3 heteroatoms. The second-order valence-corrected chi connectivity index (χ2v) is 4.27. The van der Waals surface area contributed by atoms with E-state index < -0.39 is 0 Å². The van der Waals surface area contributed by atoms with Gasteiger partial charge in [0.15, 0.2) is 5.78 Å². The fraction of sp³-hybridized carbons (Fsp3) is 0.188. The van der Waals surface area contributed by atoms with Crippen molar-refractivity contribution in [2.24, 2.45) is 0 Å². The van der Waals surface area contributed by atoms with E-state index in [2.05, 4.69) is 0 Å². The molecule has 0 spiro atoms. The molecule has 2 rings (SSSR count). The Balaban J connectivity index is 2.16. The Hall–Kier alpha value is -2.13. The van der Waals surface area contributed by atoms with Crippen molar-refractivity contribution in [3.8, 4) is 5.75 Å². The Bertz CT molecular complexity index is 558. The average Bonchev–Trinajstić information content (AvgIpc) is 2.48. The van der Waals surface area contributed by atoms with Gasteiger partial charge in [0.05, 0.1) is 13.7 Å². The lowest BCUT2D eigenvalue weighted by Crippen LogP contribution is -2.05. The number of aliphatic hydroxyl groups excluding tert-OH is 1. The van der Waals surface area contributed by atoms with Crippen LogP contribution in [0.4, 0.5) is 0 Å². The van der Waals surface area contributed by atoms with Gasteiger partial charge in [0, 0.05) is 17.5 Å². The number of hydrogen-bond acceptors (Lipinski definition) is 3. The molecule has 0 bridgehead atoms. The van der Waals surface area contributed by atoms with Crippen LogP contribution in [0.1, 0.15) is 21.5 Å². The molecule has 0 amide bonds. The lowest BCUT2D eigenvalue weighted by molar-refractivity contribution is 0.0992. The molecule has 0 aromatic heterocycles. The van der Waals surface area contributed by atoms with Crippen molar-refractivity contribution < 1.29 is 14.6 Å². The second-order valence-electron chi connectivity index (χ2n) is 4.27. The third-order valence-corrected chi connectivity index (χ3v) is 3.00. The van der Waals surface area contributed by atoms with Crippen LogP contribution in [0.2, 0.25) is 0 Å². The smallest absolute Gasteiger partial charge is 0.167 e. The van der Waals surface area contributed by atoms with E-state index in [1.807, 2.05) is 24.3 Å². The monoisotopic (exact) mass is 256 g/mol. The molecule has 1 N–H and O–H groups in total. The number of carbonyl (C=O) groups is 1. The Morgan fingerprint density at radius 1 is 1.11 bits per heavy atom. The number of methoxy groups -OCH3 is 1. The van der Waals surface area contributed by atoms with Gasteiger partial charge in [-0.15, -0.1) is 0 Å². The lowest BCUT2D eigenvalue weighted by Gasteiger charge is -2.07. The predicted molar refractivity (Wildman–Crippen MR) is 73.4 cm³/mol. The standard InChI is InChI=1S/C16H16O3/c1-19-16-5-3-2-4-14(16)10-15(18)13-8-6-12(11-17)7-9-13/h2-9,17H,10-11H2,1H3. The fourth-order valence-corrected chi connectivity index (χ4v) is 1.92. The van der Waals surface area contributed by atoms with Gasteiger partial charge in [0.2, 0.25) is 0 Å². The molecule has 0 fully saturated rings. The maximum atomic E-state index is 12.2. The van der Waals surface area contributed by atoms with Crippen LogP contribution in [-0.2, 0) is 13.0 Å². The highest BCUT2D eigenvalue weighted by molar-refractivity contribution is 5.97. The summed E-state index contributed by atoms with van der Waals surface area (Å²) in [5.41, 5.74) is 2.32. The summed E-state index contributed by atoms with van der Waals surface area (Å²) in [6, 6.07) is 14.5. The van der Waals surface area contributed by atoms with Gasteiger partial charge in [0.1, 0.15) is 5.75 Å². The molecule has 2 aromatic carbocycles. The minimum absolute atomic E-state index is 0.0129. The minimum Gasteiger partial charge on any atom is -0.496 e. The molecular weight excluding hydrogens is 240 g/mol.